The second-order valence-corrected chi connectivity index (χ2v) is 5.26. The van der Waals surface area contributed by atoms with Crippen molar-refractivity contribution in [3.8, 4) is 5.75 Å². The summed E-state index contributed by atoms with van der Waals surface area (Å²) in [6, 6.07) is 11.0. The summed E-state index contributed by atoms with van der Waals surface area (Å²) >= 11 is 0. The van der Waals surface area contributed by atoms with Crippen LogP contribution < -0.4 is 10.5 Å². The molecule has 3 rings (SSSR count). The summed E-state index contributed by atoms with van der Waals surface area (Å²) in [5, 5.41) is 0. The van der Waals surface area contributed by atoms with E-state index in [1.54, 1.807) is 35.8 Å². The fourth-order valence-corrected chi connectivity index (χ4v) is 2.70. The number of imidazole rings is 1. The molecule has 3 aromatic rings. The van der Waals surface area contributed by atoms with Crippen molar-refractivity contribution in [3.05, 3.63) is 53.6 Å². The Hall–Kier alpha value is -2.70. The molecule has 0 aliphatic rings. The molecule has 0 spiro atoms. The van der Waals surface area contributed by atoms with Gasteiger partial charge in [0.1, 0.15) is 5.75 Å². The Balaban J connectivity index is 2.16. The third-order valence-electron chi connectivity index (χ3n) is 3.74. The van der Waals surface area contributed by atoms with Crippen molar-refractivity contribution in [2.24, 2.45) is 0 Å². The highest BCUT2D eigenvalue weighted by Gasteiger charge is 2.35. The van der Waals surface area contributed by atoms with E-state index in [1.807, 2.05) is 0 Å². The minimum absolute atomic E-state index is 0.0432. The summed E-state index contributed by atoms with van der Waals surface area (Å²) < 4.78 is 47.2. The molecule has 2 aromatic carbocycles. The molecule has 0 saturated heterocycles. The second-order valence-electron chi connectivity index (χ2n) is 5.26. The second kappa shape index (κ2) is 6.07. The smallest absolute Gasteiger partial charge is 0.416 e. The molecule has 4 nitrogen and oxygen atoms in total. The molecule has 2 N–H and O–H groups in total. The number of hydrogen-bond donors (Lipinski definition) is 1. The van der Waals surface area contributed by atoms with Gasteiger partial charge in [0.15, 0.2) is 0 Å². The van der Waals surface area contributed by atoms with Crippen LogP contribution in [0.25, 0.3) is 11.0 Å². The van der Waals surface area contributed by atoms with E-state index in [1.165, 1.54) is 12.1 Å². The number of benzene rings is 2. The largest absolute Gasteiger partial charge is 0.494 e. The van der Waals surface area contributed by atoms with E-state index in [0.717, 1.165) is 6.07 Å². The van der Waals surface area contributed by atoms with E-state index in [-0.39, 0.29) is 30.4 Å². The highest BCUT2D eigenvalue weighted by atomic mass is 19.4. The van der Waals surface area contributed by atoms with Gasteiger partial charge in [-0.15, -0.1) is 0 Å². The Kier molecular flexibility index (Phi) is 4.09. The monoisotopic (exact) mass is 335 g/mol. The molecule has 0 atom stereocenters. The normalized spacial score (nSPS) is 11.8. The SMILES string of the molecule is CCOc1cccc(C(F)(F)F)c1Cn1c(N)nc2ccccc21. The van der Waals surface area contributed by atoms with Crippen molar-refractivity contribution in [1.82, 2.24) is 9.55 Å². The van der Waals surface area contributed by atoms with Gasteiger partial charge in [-0.3, -0.25) is 0 Å². The van der Waals surface area contributed by atoms with E-state index in [9.17, 15) is 13.2 Å². The number of nitrogens with two attached hydrogens (primary N) is 1. The third kappa shape index (κ3) is 2.89. The number of aromatic nitrogens is 2. The molecular formula is C17H16F3N3O. The number of alkyl halides is 3. The van der Waals surface area contributed by atoms with Gasteiger partial charge in [0.25, 0.3) is 0 Å². The molecule has 1 aromatic heterocycles. The Labute approximate surface area is 136 Å². The van der Waals surface area contributed by atoms with Gasteiger partial charge in [0.05, 0.1) is 29.7 Å². The van der Waals surface area contributed by atoms with Gasteiger partial charge in [-0.05, 0) is 31.2 Å². The lowest BCUT2D eigenvalue weighted by molar-refractivity contribution is -0.138. The molecule has 0 radical (unpaired) electrons. The Bertz CT molecular complexity index is 871. The number of halogens is 3. The zero-order valence-electron chi connectivity index (χ0n) is 13.0. The Morgan fingerprint density at radius 3 is 2.58 bits per heavy atom. The first-order valence-electron chi connectivity index (χ1n) is 7.44. The van der Waals surface area contributed by atoms with Crippen LogP contribution in [-0.2, 0) is 12.7 Å². The highest BCUT2D eigenvalue weighted by molar-refractivity contribution is 5.78. The van der Waals surface area contributed by atoms with Crippen molar-refractivity contribution < 1.29 is 17.9 Å². The number of fused-ring (bicyclic) bond motifs is 1. The standard InChI is InChI=1S/C17H16F3N3O/c1-2-24-15-9-5-6-12(17(18,19)20)11(15)10-23-14-8-4-3-7-13(14)22-16(23)21/h3-9H,2,10H2,1H3,(H2,21,22). The summed E-state index contributed by atoms with van der Waals surface area (Å²) in [7, 11) is 0. The van der Waals surface area contributed by atoms with Gasteiger partial charge in [0, 0.05) is 5.56 Å². The van der Waals surface area contributed by atoms with Gasteiger partial charge in [0.2, 0.25) is 5.95 Å². The first-order chi connectivity index (χ1) is 11.4. The quantitative estimate of drug-likeness (QED) is 0.781. The van der Waals surface area contributed by atoms with Crippen LogP contribution in [0.2, 0.25) is 0 Å². The van der Waals surface area contributed by atoms with Crippen LogP contribution in [0.4, 0.5) is 19.1 Å². The van der Waals surface area contributed by atoms with Crippen LogP contribution in [0.1, 0.15) is 18.1 Å². The van der Waals surface area contributed by atoms with Crippen molar-refractivity contribution in [2.45, 2.75) is 19.6 Å². The predicted octanol–water partition coefficient (Wildman–Crippen LogP) is 4.08. The number of hydrogen-bond acceptors (Lipinski definition) is 3. The average Bonchev–Trinajstić information content (AvgIpc) is 2.84. The lowest BCUT2D eigenvalue weighted by atomic mass is 10.1. The summed E-state index contributed by atoms with van der Waals surface area (Å²) in [5.41, 5.74) is 6.54. The van der Waals surface area contributed by atoms with Crippen LogP contribution >= 0.6 is 0 Å². The average molecular weight is 335 g/mol. The van der Waals surface area contributed by atoms with Crippen LogP contribution in [-0.4, -0.2) is 16.2 Å². The Morgan fingerprint density at radius 2 is 1.88 bits per heavy atom. The maximum absolute atomic E-state index is 13.4. The fraction of sp³-hybridized carbons (Fsp3) is 0.235. The summed E-state index contributed by atoms with van der Waals surface area (Å²) in [4.78, 5) is 4.20. The van der Waals surface area contributed by atoms with Crippen molar-refractivity contribution >= 4 is 17.0 Å². The van der Waals surface area contributed by atoms with Crippen LogP contribution in [0.15, 0.2) is 42.5 Å². The van der Waals surface area contributed by atoms with Gasteiger partial charge in [-0.2, -0.15) is 13.2 Å². The zero-order valence-corrected chi connectivity index (χ0v) is 13.0. The predicted molar refractivity (Wildman–Crippen MR) is 85.9 cm³/mol. The number of nitrogens with zero attached hydrogens (tertiary/aromatic N) is 2. The molecule has 0 fully saturated rings. The van der Waals surface area contributed by atoms with Crippen LogP contribution in [0, 0.1) is 0 Å². The fourth-order valence-electron chi connectivity index (χ4n) is 2.70. The lowest BCUT2D eigenvalue weighted by Crippen LogP contribution is -2.14. The maximum atomic E-state index is 13.4. The highest BCUT2D eigenvalue weighted by Crippen LogP contribution is 2.37. The molecule has 0 aliphatic carbocycles. The summed E-state index contributed by atoms with van der Waals surface area (Å²) in [6.45, 7) is 1.93. The molecule has 0 unspecified atom stereocenters. The minimum Gasteiger partial charge on any atom is -0.494 e. The molecule has 0 saturated carbocycles. The molecule has 1 heterocycles. The lowest BCUT2D eigenvalue weighted by Gasteiger charge is -2.18. The molecule has 0 bridgehead atoms. The first kappa shape index (κ1) is 16.2. The van der Waals surface area contributed by atoms with Gasteiger partial charge < -0.3 is 15.0 Å². The zero-order chi connectivity index (χ0) is 17.3. The van der Waals surface area contributed by atoms with Gasteiger partial charge in [-0.25, -0.2) is 4.98 Å². The summed E-state index contributed by atoms with van der Waals surface area (Å²) in [5.74, 6) is 0.361. The number of rotatable bonds is 4. The molecule has 126 valence electrons. The van der Waals surface area contributed by atoms with Crippen molar-refractivity contribution in [1.29, 1.82) is 0 Å². The topological polar surface area (TPSA) is 53.1 Å². The molecule has 24 heavy (non-hydrogen) atoms. The Morgan fingerprint density at radius 1 is 1.12 bits per heavy atom. The van der Waals surface area contributed by atoms with Gasteiger partial charge in [-0.1, -0.05) is 18.2 Å². The minimum atomic E-state index is -4.48. The number of anilines is 1. The van der Waals surface area contributed by atoms with Crippen LogP contribution in [0.5, 0.6) is 5.75 Å². The van der Waals surface area contributed by atoms with Crippen molar-refractivity contribution in [3.63, 3.8) is 0 Å². The number of para-hydroxylation sites is 2. The maximum Gasteiger partial charge on any atom is 0.416 e. The third-order valence-corrected chi connectivity index (χ3v) is 3.74. The molecular weight excluding hydrogens is 319 g/mol. The number of nitrogen functional groups attached to an aromatic ring is 1. The first-order valence-corrected chi connectivity index (χ1v) is 7.44. The summed E-state index contributed by atoms with van der Waals surface area (Å²) in [6.07, 6.45) is -4.48. The van der Waals surface area contributed by atoms with E-state index >= 15 is 0 Å². The van der Waals surface area contributed by atoms with Crippen LogP contribution in [0.3, 0.4) is 0 Å². The molecule has 7 heteroatoms. The molecule has 0 amide bonds. The van der Waals surface area contributed by atoms with Crippen molar-refractivity contribution in [2.75, 3.05) is 12.3 Å². The van der Waals surface area contributed by atoms with E-state index in [4.69, 9.17) is 10.5 Å². The van der Waals surface area contributed by atoms with E-state index < -0.39 is 11.7 Å². The van der Waals surface area contributed by atoms with E-state index in [2.05, 4.69) is 4.98 Å². The van der Waals surface area contributed by atoms with E-state index in [0.29, 0.717) is 11.0 Å². The number of ether oxygens (including phenoxy) is 1. The van der Waals surface area contributed by atoms with Gasteiger partial charge >= 0.3 is 6.18 Å². The molecule has 0 aliphatic heterocycles.